The summed E-state index contributed by atoms with van der Waals surface area (Å²) in [5.41, 5.74) is 0.721. The van der Waals surface area contributed by atoms with Gasteiger partial charge in [0.15, 0.2) is 5.75 Å². The van der Waals surface area contributed by atoms with Crippen LogP contribution in [0.4, 0.5) is 11.4 Å². The molecular weight excluding hydrogens is 310 g/mol. The smallest absolute Gasteiger partial charge is 0.311 e. The Balaban J connectivity index is 1.66. The highest BCUT2D eigenvalue weighted by atomic mass is 16.6. The third-order valence-corrected chi connectivity index (χ3v) is 5.00. The maximum atomic E-state index is 12.4. The zero-order valence-electron chi connectivity index (χ0n) is 13.9. The fourth-order valence-electron chi connectivity index (χ4n) is 3.64. The molecule has 24 heavy (non-hydrogen) atoms. The van der Waals surface area contributed by atoms with Crippen LogP contribution < -0.4 is 9.64 Å². The molecule has 1 saturated heterocycles. The van der Waals surface area contributed by atoms with Gasteiger partial charge < -0.3 is 14.5 Å². The molecule has 7 heteroatoms. The zero-order valence-corrected chi connectivity index (χ0v) is 13.9. The number of carbonyl (C=O) groups excluding carboxylic acids is 1. The molecule has 0 atom stereocenters. The van der Waals surface area contributed by atoms with E-state index in [0.29, 0.717) is 19.0 Å². The second kappa shape index (κ2) is 7.07. The molecule has 0 N–H and O–H groups in total. The fourth-order valence-corrected chi connectivity index (χ4v) is 3.64. The van der Waals surface area contributed by atoms with E-state index in [1.807, 2.05) is 9.80 Å². The Morgan fingerprint density at radius 3 is 2.67 bits per heavy atom. The molecule has 2 aliphatic rings. The minimum atomic E-state index is -0.465. The molecular formula is C17H23N3O4. The normalized spacial score (nSPS) is 19.0. The van der Waals surface area contributed by atoms with Crippen molar-refractivity contribution >= 4 is 17.3 Å². The van der Waals surface area contributed by atoms with Crippen LogP contribution in [0.5, 0.6) is 5.75 Å². The zero-order chi connectivity index (χ0) is 17.1. The Labute approximate surface area is 141 Å². The van der Waals surface area contributed by atoms with Crippen LogP contribution in [0.3, 0.4) is 0 Å². The molecule has 3 rings (SSSR count). The summed E-state index contributed by atoms with van der Waals surface area (Å²) in [4.78, 5) is 26.9. The number of hydrogen-bond donors (Lipinski definition) is 0. The summed E-state index contributed by atoms with van der Waals surface area (Å²) in [6, 6.07) is 4.75. The van der Waals surface area contributed by atoms with Crippen LogP contribution in [-0.2, 0) is 4.79 Å². The van der Waals surface area contributed by atoms with E-state index in [2.05, 4.69) is 0 Å². The Hall–Kier alpha value is -2.31. The monoisotopic (exact) mass is 333 g/mol. The first-order valence-electron chi connectivity index (χ1n) is 8.43. The molecule has 1 aromatic carbocycles. The van der Waals surface area contributed by atoms with Crippen LogP contribution in [0.2, 0.25) is 0 Å². The molecule has 1 heterocycles. The maximum Gasteiger partial charge on any atom is 0.311 e. The summed E-state index contributed by atoms with van der Waals surface area (Å²) in [5, 5.41) is 11.0. The molecule has 130 valence electrons. The number of ether oxygens (including phenoxy) is 1. The van der Waals surface area contributed by atoms with Crippen LogP contribution in [0.1, 0.15) is 25.7 Å². The molecule has 1 amide bonds. The van der Waals surface area contributed by atoms with Crippen LogP contribution >= 0.6 is 0 Å². The van der Waals surface area contributed by atoms with Gasteiger partial charge >= 0.3 is 5.69 Å². The second-order valence-corrected chi connectivity index (χ2v) is 6.53. The van der Waals surface area contributed by atoms with E-state index in [0.717, 1.165) is 18.8 Å². The van der Waals surface area contributed by atoms with Crippen LogP contribution in [0, 0.1) is 16.0 Å². The third kappa shape index (κ3) is 3.44. The van der Waals surface area contributed by atoms with Gasteiger partial charge in [-0.15, -0.1) is 0 Å². The highest BCUT2D eigenvalue weighted by Gasteiger charge is 2.28. The lowest BCUT2D eigenvalue weighted by atomic mass is 10.1. The van der Waals surface area contributed by atoms with E-state index in [-0.39, 0.29) is 17.3 Å². The molecule has 0 spiro atoms. The van der Waals surface area contributed by atoms with E-state index >= 15 is 0 Å². The molecule has 0 bridgehead atoms. The minimum Gasteiger partial charge on any atom is -0.490 e. The number of methoxy groups -OCH3 is 1. The van der Waals surface area contributed by atoms with Gasteiger partial charge in [0.25, 0.3) is 0 Å². The van der Waals surface area contributed by atoms with Crippen LogP contribution in [0.25, 0.3) is 0 Å². The molecule has 1 aliphatic heterocycles. The molecule has 0 radical (unpaired) electrons. The predicted octanol–water partition coefficient (Wildman–Crippen LogP) is 2.44. The van der Waals surface area contributed by atoms with Crippen LogP contribution in [-0.4, -0.2) is 49.0 Å². The van der Waals surface area contributed by atoms with Crippen molar-refractivity contribution in [2.24, 2.45) is 5.92 Å². The van der Waals surface area contributed by atoms with Gasteiger partial charge in [0, 0.05) is 37.5 Å². The van der Waals surface area contributed by atoms with Crippen molar-refractivity contribution in [3.8, 4) is 5.75 Å². The van der Waals surface area contributed by atoms with Crippen molar-refractivity contribution in [2.75, 3.05) is 38.2 Å². The predicted molar refractivity (Wildman–Crippen MR) is 90.4 cm³/mol. The Kier molecular flexibility index (Phi) is 4.87. The lowest BCUT2D eigenvalue weighted by Crippen LogP contribution is -2.51. The Bertz CT molecular complexity index is 628. The largest absolute Gasteiger partial charge is 0.490 e. The van der Waals surface area contributed by atoms with Gasteiger partial charge in [-0.25, -0.2) is 0 Å². The Morgan fingerprint density at radius 1 is 1.29 bits per heavy atom. The number of rotatable bonds is 5. The highest BCUT2D eigenvalue weighted by molar-refractivity contribution is 5.83. The number of nitrogens with zero attached hydrogens (tertiary/aromatic N) is 3. The Morgan fingerprint density at radius 2 is 2.04 bits per heavy atom. The van der Waals surface area contributed by atoms with Gasteiger partial charge in [-0.2, -0.15) is 0 Å². The number of carbonyl (C=O) groups is 1. The topological polar surface area (TPSA) is 75.9 Å². The van der Waals surface area contributed by atoms with Crippen molar-refractivity contribution in [1.29, 1.82) is 0 Å². The van der Waals surface area contributed by atoms with Crippen molar-refractivity contribution in [2.45, 2.75) is 25.7 Å². The molecule has 7 nitrogen and oxygen atoms in total. The van der Waals surface area contributed by atoms with Gasteiger partial charge in [-0.3, -0.25) is 14.9 Å². The number of nitro benzene ring substituents is 1. The summed E-state index contributed by atoms with van der Waals surface area (Å²) in [5.74, 6) is 1.00. The van der Waals surface area contributed by atoms with E-state index < -0.39 is 4.92 Å². The van der Waals surface area contributed by atoms with Crippen molar-refractivity contribution in [3.05, 3.63) is 28.3 Å². The van der Waals surface area contributed by atoms with Crippen molar-refractivity contribution in [3.63, 3.8) is 0 Å². The van der Waals surface area contributed by atoms with Gasteiger partial charge in [-0.05, 0) is 24.8 Å². The molecule has 0 aromatic heterocycles. The van der Waals surface area contributed by atoms with Gasteiger partial charge in [0.1, 0.15) is 0 Å². The average molecular weight is 333 g/mol. The average Bonchev–Trinajstić information content (AvgIpc) is 3.09. The number of benzene rings is 1. The summed E-state index contributed by atoms with van der Waals surface area (Å²) in [6.45, 7) is 2.62. The number of hydrogen-bond acceptors (Lipinski definition) is 5. The van der Waals surface area contributed by atoms with Crippen molar-refractivity contribution < 1.29 is 14.5 Å². The first-order chi connectivity index (χ1) is 11.6. The third-order valence-electron chi connectivity index (χ3n) is 5.00. The first-order valence-corrected chi connectivity index (χ1v) is 8.43. The van der Waals surface area contributed by atoms with Gasteiger partial charge in [-0.1, -0.05) is 12.8 Å². The molecule has 2 fully saturated rings. The molecule has 0 unspecified atom stereocenters. The van der Waals surface area contributed by atoms with E-state index in [1.54, 1.807) is 12.1 Å². The van der Waals surface area contributed by atoms with E-state index in [1.165, 1.54) is 38.9 Å². The first kappa shape index (κ1) is 16.5. The summed E-state index contributed by atoms with van der Waals surface area (Å²) >= 11 is 0. The number of amides is 1. The summed E-state index contributed by atoms with van der Waals surface area (Å²) in [7, 11) is 1.41. The van der Waals surface area contributed by atoms with Crippen molar-refractivity contribution in [1.82, 2.24) is 4.90 Å². The fraction of sp³-hybridized carbons (Fsp3) is 0.588. The number of piperazine rings is 1. The van der Waals surface area contributed by atoms with Gasteiger partial charge in [0.05, 0.1) is 18.6 Å². The lowest BCUT2D eigenvalue weighted by Gasteiger charge is -2.36. The second-order valence-electron chi connectivity index (χ2n) is 6.53. The van der Waals surface area contributed by atoms with Gasteiger partial charge in [0.2, 0.25) is 5.91 Å². The SMILES string of the molecule is COc1cc(N2CCN(CC3CCCC3)C(=O)C2)ccc1[N+](=O)[O-]. The highest BCUT2D eigenvalue weighted by Crippen LogP contribution is 2.32. The molecule has 1 aromatic rings. The number of nitro groups is 1. The minimum absolute atomic E-state index is 0.0626. The summed E-state index contributed by atoms with van der Waals surface area (Å²) in [6.07, 6.45) is 5.02. The number of anilines is 1. The van der Waals surface area contributed by atoms with E-state index in [9.17, 15) is 14.9 Å². The standard InChI is InChI=1S/C17H23N3O4/c1-24-16-10-14(6-7-15(16)20(22)23)18-8-9-19(17(21)12-18)11-13-4-2-3-5-13/h6-7,10,13H,2-5,8-9,11-12H2,1H3. The van der Waals surface area contributed by atoms with Crippen LogP contribution in [0.15, 0.2) is 18.2 Å². The molecule has 1 aliphatic carbocycles. The van der Waals surface area contributed by atoms with E-state index in [4.69, 9.17) is 4.74 Å². The maximum absolute atomic E-state index is 12.4. The molecule has 1 saturated carbocycles. The quantitative estimate of drug-likeness (QED) is 0.611. The lowest BCUT2D eigenvalue weighted by molar-refractivity contribution is -0.385. The summed E-state index contributed by atoms with van der Waals surface area (Å²) < 4.78 is 5.11.